The first-order chi connectivity index (χ1) is 7.54. The molecule has 0 fully saturated rings. The highest BCUT2D eigenvalue weighted by Gasteiger charge is 2.14. The standard InChI is InChI=1S/C10H10ClFN2O2/c1-2-13-9(15)10(16)14-8-4-3-6(11)5-7(8)12/h3-5H,2H2,1H3,(H,13,15)(H,14,16). The Hall–Kier alpha value is -1.62. The van der Waals surface area contributed by atoms with E-state index in [1.807, 2.05) is 0 Å². The van der Waals surface area contributed by atoms with E-state index in [0.29, 0.717) is 6.54 Å². The van der Waals surface area contributed by atoms with Gasteiger partial charge in [-0.05, 0) is 25.1 Å². The van der Waals surface area contributed by atoms with E-state index >= 15 is 0 Å². The Morgan fingerprint density at radius 1 is 1.38 bits per heavy atom. The van der Waals surface area contributed by atoms with Crippen LogP contribution >= 0.6 is 11.6 Å². The summed E-state index contributed by atoms with van der Waals surface area (Å²) in [5.41, 5.74) is -0.0827. The van der Waals surface area contributed by atoms with Gasteiger partial charge in [0.15, 0.2) is 0 Å². The van der Waals surface area contributed by atoms with Crippen molar-refractivity contribution in [3.63, 3.8) is 0 Å². The molecule has 0 unspecified atom stereocenters. The summed E-state index contributed by atoms with van der Waals surface area (Å²) in [5, 5.41) is 4.65. The van der Waals surface area contributed by atoms with Crippen LogP contribution in [0, 0.1) is 5.82 Å². The Balaban J connectivity index is 2.73. The van der Waals surface area contributed by atoms with E-state index in [1.165, 1.54) is 12.1 Å². The fourth-order valence-corrected chi connectivity index (χ4v) is 1.17. The summed E-state index contributed by atoms with van der Waals surface area (Å²) in [6, 6.07) is 3.75. The number of hydrogen-bond acceptors (Lipinski definition) is 2. The molecule has 1 aromatic rings. The first-order valence-corrected chi connectivity index (χ1v) is 4.96. The van der Waals surface area contributed by atoms with E-state index < -0.39 is 17.6 Å². The first kappa shape index (κ1) is 12.4. The number of hydrogen-bond donors (Lipinski definition) is 2. The average Bonchev–Trinajstić information content (AvgIpc) is 2.22. The molecule has 0 aliphatic carbocycles. The Kier molecular flexibility index (Phi) is 4.25. The molecule has 0 radical (unpaired) electrons. The number of rotatable bonds is 2. The molecule has 0 heterocycles. The van der Waals surface area contributed by atoms with Crippen molar-refractivity contribution in [2.75, 3.05) is 11.9 Å². The van der Waals surface area contributed by atoms with Gasteiger partial charge in [0.1, 0.15) is 5.82 Å². The largest absolute Gasteiger partial charge is 0.348 e. The van der Waals surface area contributed by atoms with Gasteiger partial charge in [0.05, 0.1) is 5.69 Å². The maximum absolute atomic E-state index is 13.2. The van der Waals surface area contributed by atoms with E-state index in [4.69, 9.17) is 11.6 Å². The lowest BCUT2D eigenvalue weighted by Crippen LogP contribution is -2.35. The van der Waals surface area contributed by atoms with Gasteiger partial charge in [-0.25, -0.2) is 4.39 Å². The number of halogens is 2. The summed E-state index contributed by atoms with van der Waals surface area (Å²) < 4.78 is 13.2. The highest BCUT2D eigenvalue weighted by molar-refractivity contribution is 6.39. The van der Waals surface area contributed by atoms with Gasteiger partial charge < -0.3 is 10.6 Å². The van der Waals surface area contributed by atoms with Crippen LogP contribution in [0.3, 0.4) is 0 Å². The molecule has 0 spiro atoms. The molecule has 86 valence electrons. The van der Waals surface area contributed by atoms with Crippen molar-refractivity contribution in [1.82, 2.24) is 5.32 Å². The highest BCUT2D eigenvalue weighted by atomic mass is 35.5. The van der Waals surface area contributed by atoms with Gasteiger partial charge in [-0.1, -0.05) is 11.6 Å². The van der Waals surface area contributed by atoms with Gasteiger partial charge in [-0.15, -0.1) is 0 Å². The van der Waals surface area contributed by atoms with Gasteiger partial charge in [-0.2, -0.15) is 0 Å². The topological polar surface area (TPSA) is 58.2 Å². The zero-order valence-electron chi connectivity index (χ0n) is 8.51. The molecular weight excluding hydrogens is 235 g/mol. The summed E-state index contributed by atoms with van der Waals surface area (Å²) in [6.45, 7) is 2.00. The summed E-state index contributed by atoms with van der Waals surface area (Å²) in [4.78, 5) is 22.3. The first-order valence-electron chi connectivity index (χ1n) is 4.58. The van der Waals surface area contributed by atoms with Crippen LogP contribution in [-0.2, 0) is 9.59 Å². The smallest absolute Gasteiger partial charge is 0.313 e. The van der Waals surface area contributed by atoms with Crippen LogP contribution in [0.5, 0.6) is 0 Å². The Morgan fingerprint density at radius 2 is 2.06 bits per heavy atom. The summed E-state index contributed by atoms with van der Waals surface area (Å²) in [5.74, 6) is -2.41. The van der Waals surface area contributed by atoms with Gasteiger partial charge in [0.2, 0.25) is 0 Å². The molecule has 0 saturated carbocycles. The molecule has 0 bridgehead atoms. The summed E-state index contributed by atoms with van der Waals surface area (Å²) in [7, 11) is 0. The van der Waals surface area contributed by atoms with E-state index in [1.54, 1.807) is 6.92 Å². The second-order valence-corrected chi connectivity index (χ2v) is 3.37. The molecule has 2 amide bonds. The maximum Gasteiger partial charge on any atom is 0.313 e. The number of carbonyl (C=O) groups is 2. The Bertz CT molecular complexity index is 423. The van der Waals surface area contributed by atoms with Crippen LogP contribution in [-0.4, -0.2) is 18.4 Å². The third kappa shape index (κ3) is 3.20. The number of benzene rings is 1. The summed E-state index contributed by atoms with van der Waals surface area (Å²) in [6.07, 6.45) is 0. The molecule has 2 N–H and O–H groups in total. The minimum atomic E-state index is -0.914. The van der Waals surface area contributed by atoms with Crippen molar-refractivity contribution in [2.24, 2.45) is 0 Å². The molecule has 0 aliphatic heterocycles. The van der Waals surface area contributed by atoms with E-state index in [-0.39, 0.29) is 10.7 Å². The normalized spacial score (nSPS) is 9.69. The molecule has 0 atom stereocenters. The second-order valence-electron chi connectivity index (χ2n) is 2.94. The van der Waals surface area contributed by atoms with Gasteiger partial charge in [0.25, 0.3) is 0 Å². The van der Waals surface area contributed by atoms with Crippen LogP contribution in [0.1, 0.15) is 6.92 Å². The molecule has 6 heteroatoms. The number of nitrogens with one attached hydrogen (secondary N) is 2. The number of amides is 2. The van der Waals surface area contributed by atoms with Gasteiger partial charge in [0, 0.05) is 11.6 Å². The van der Waals surface area contributed by atoms with Crippen LogP contribution < -0.4 is 10.6 Å². The molecule has 1 aromatic carbocycles. The molecule has 0 aliphatic rings. The maximum atomic E-state index is 13.2. The van der Waals surface area contributed by atoms with Crippen LogP contribution in [0.25, 0.3) is 0 Å². The Labute approximate surface area is 96.8 Å². The molecular formula is C10H10ClFN2O2. The number of carbonyl (C=O) groups excluding carboxylic acids is 2. The monoisotopic (exact) mass is 244 g/mol. The third-order valence-electron chi connectivity index (χ3n) is 1.72. The minimum absolute atomic E-state index is 0.0827. The van der Waals surface area contributed by atoms with Gasteiger partial charge in [-0.3, -0.25) is 9.59 Å². The predicted molar refractivity (Wildman–Crippen MR) is 58.7 cm³/mol. The van der Waals surface area contributed by atoms with E-state index in [9.17, 15) is 14.0 Å². The van der Waals surface area contributed by atoms with Crippen molar-refractivity contribution in [3.05, 3.63) is 29.0 Å². The molecule has 4 nitrogen and oxygen atoms in total. The van der Waals surface area contributed by atoms with Crippen LogP contribution in [0.15, 0.2) is 18.2 Å². The zero-order chi connectivity index (χ0) is 12.1. The lowest BCUT2D eigenvalue weighted by Gasteiger charge is -2.06. The zero-order valence-corrected chi connectivity index (χ0v) is 9.27. The quantitative estimate of drug-likeness (QED) is 0.776. The Morgan fingerprint density at radius 3 is 2.62 bits per heavy atom. The van der Waals surface area contributed by atoms with Crippen molar-refractivity contribution >= 4 is 29.1 Å². The van der Waals surface area contributed by atoms with Crippen molar-refractivity contribution in [1.29, 1.82) is 0 Å². The van der Waals surface area contributed by atoms with Crippen molar-refractivity contribution < 1.29 is 14.0 Å². The van der Waals surface area contributed by atoms with Crippen molar-refractivity contribution in [2.45, 2.75) is 6.92 Å². The summed E-state index contributed by atoms with van der Waals surface area (Å²) >= 11 is 5.53. The van der Waals surface area contributed by atoms with Gasteiger partial charge >= 0.3 is 11.8 Å². The minimum Gasteiger partial charge on any atom is -0.348 e. The van der Waals surface area contributed by atoms with E-state index in [0.717, 1.165) is 6.07 Å². The predicted octanol–water partition coefficient (Wildman–Crippen LogP) is 1.55. The van der Waals surface area contributed by atoms with E-state index in [2.05, 4.69) is 10.6 Å². The molecule has 1 rings (SSSR count). The molecule has 0 aromatic heterocycles. The second kappa shape index (κ2) is 5.46. The third-order valence-corrected chi connectivity index (χ3v) is 1.96. The SMILES string of the molecule is CCNC(=O)C(=O)Nc1ccc(Cl)cc1F. The number of likely N-dealkylation sites (N-methyl/N-ethyl adjacent to an activating group) is 1. The molecule has 0 saturated heterocycles. The lowest BCUT2D eigenvalue weighted by atomic mass is 10.3. The average molecular weight is 245 g/mol. The highest BCUT2D eigenvalue weighted by Crippen LogP contribution is 2.18. The van der Waals surface area contributed by atoms with Crippen LogP contribution in [0.4, 0.5) is 10.1 Å². The fourth-order valence-electron chi connectivity index (χ4n) is 1.01. The number of anilines is 1. The lowest BCUT2D eigenvalue weighted by molar-refractivity contribution is -0.136. The fraction of sp³-hybridized carbons (Fsp3) is 0.200. The molecule has 16 heavy (non-hydrogen) atoms. The van der Waals surface area contributed by atoms with Crippen molar-refractivity contribution in [3.8, 4) is 0 Å². The van der Waals surface area contributed by atoms with Crippen LogP contribution in [0.2, 0.25) is 5.02 Å².